The number of nitrogens with one attached hydrogen (secondary N) is 1. The number of aromatic nitrogens is 3. The number of anilines is 1. The summed E-state index contributed by atoms with van der Waals surface area (Å²) >= 11 is 0. The lowest BCUT2D eigenvalue weighted by Crippen LogP contribution is -1.96. The van der Waals surface area contributed by atoms with Crippen molar-refractivity contribution in [1.82, 2.24) is 14.8 Å². The van der Waals surface area contributed by atoms with Crippen molar-refractivity contribution in [3.8, 4) is 11.3 Å². The van der Waals surface area contributed by atoms with Crippen LogP contribution >= 0.6 is 0 Å². The zero-order chi connectivity index (χ0) is 13.6. The van der Waals surface area contributed by atoms with Crippen LogP contribution in [-0.2, 0) is 7.05 Å². The van der Waals surface area contributed by atoms with Crippen molar-refractivity contribution < 1.29 is 0 Å². The summed E-state index contributed by atoms with van der Waals surface area (Å²) in [6.07, 6.45) is 2.00. The highest BCUT2D eigenvalue weighted by molar-refractivity contribution is 5.95. The molecule has 0 unspecified atom stereocenters. The Morgan fingerprint density at radius 2 is 2.05 bits per heavy atom. The predicted molar refractivity (Wildman–Crippen MR) is 79.0 cm³/mol. The Labute approximate surface area is 112 Å². The third-order valence-electron chi connectivity index (χ3n) is 3.56. The number of aromatic amines is 1. The molecule has 4 heteroatoms. The summed E-state index contributed by atoms with van der Waals surface area (Å²) in [5.41, 5.74) is 10.3. The molecule has 0 aliphatic rings. The lowest BCUT2D eigenvalue weighted by Gasteiger charge is -2.05. The number of aryl methyl sites for hydroxylation is 1. The molecule has 98 valence electrons. The summed E-state index contributed by atoms with van der Waals surface area (Å²) in [6, 6.07) is 8.43. The number of benzene rings is 1. The van der Waals surface area contributed by atoms with Crippen LogP contribution in [0.1, 0.15) is 25.3 Å². The van der Waals surface area contributed by atoms with E-state index < -0.39 is 0 Å². The number of nitrogen functional groups attached to an aromatic ring is 1. The molecular weight excluding hydrogens is 236 g/mol. The summed E-state index contributed by atoms with van der Waals surface area (Å²) in [5, 5.41) is 5.65. The minimum absolute atomic E-state index is 0.515. The van der Waals surface area contributed by atoms with Crippen LogP contribution in [0.3, 0.4) is 0 Å². The van der Waals surface area contributed by atoms with Crippen molar-refractivity contribution in [3.63, 3.8) is 0 Å². The van der Waals surface area contributed by atoms with Gasteiger partial charge in [-0.05, 0) is 23.6 Å². The third kappa shape index (κ3) is 1.89. The highest BCUT2D eigenvalue weighted by Crippen LogP contribution is 2.30. The van der Waals surface area contributed by atoms with Crippen LogP contribution in [0.25, 0.3) is 22.2 Å². The van der Waals surface area contributed by atoms with Gasteiger partial charge in [-0.15, -0.1) is 0 Å². The van der Waals surface area contributed by atoms with E-state index >= 15 is 0 Å². The van der Waals surface area contributed by atoms with Gasteiger partial charge in [0.2, 0.25) is 0 Å². The van der Waals surface area contributed by atoms with Crippen molar-refractivity contribution in [2.75, 3.05) is 5.73 Å². The van der Waals surface area contributed by atoms with E-state index in [2.05, 4.69) is 42.1 Å². The average molecular weight is 254 g/mol. The largest absolute Gasteiger partial charge is 0.384 e. The molecule has 0 radical (unpaired) electrons. The van der Waals surface area contributed by atoms with E-state index in [-0.39, 0.29) is 0 Å². The number of hydrogen-bond acceptors (Lipinski definition) is 2. The molecule has 0 fully saturated rings. The predicted octanol–water partition coefficient (Wildman–Crippen LogP) is 3.27. The molecule has 19 heavy (non-hydrogen) atoms. The van der Waals surface area contributed by atoms with Crippen molar-refractivity contribution in [1.29, 1.82) is 0 Å². The van der Waals surface area contributed by atoms with Crippen LogP contribution < -0.4 is 5.73 Å². The molecule has 4 nitrogen and oxygen atoms in total. The van der Waals surface area contributed by atoms with Crippen molar-refractivity contribution in [3.05, 3.63) is 36.0 Å². The van der Waals surface area contributed by atoms with E-state index in [1.807, 2.05) is 19.3 Å². The topological polar surface area (TPSA) is 59.6 Å². The Balaban J connectivity index is 2.20. The Hall–Kier alpha value is -2.23. The first kappa shape index (κ1) is 11.8. The molecule has 0 aliphatic heterocycles. The van der Waals surface area contributed by atoms with Gasteiger partial charge in [0.05, 0.1) is 5.69 Å². The van der Waals surface area contributed by atoms with Gasteiger partial charge < -0.3 is 10.7 Å². The molecule has 0 amide bonds. The van der Waals surface area contributed by atoms with Crippen LogP contribution in [0.5, 0.6) is 0 Å². The fourth-order valence-corrected chi connectivity index (χ4v) is 2.32. The third-order valence-corrected chi connectivity index (χ3v) is 3.56. The van der Waals surface area contributed by atoms with E-state index in [9.17, 15) is 0 Å². The maximum absolute atomic E-state index is 5.86. The highest BCUT2D eigenvalue weighted by Gasteiger charge is 2.11. The fraction of sp³-hybridized carbons (Fsp3) is 0.267. The van der Waals surface area contributed by atoms with E-state index in [0.29, 0.717) is 11.7 Å². The van der Waals surface area contributed by atoms with Crippen LogP contribution in [0, 0.1) is 0 Å². The lowest BCUT2D eigenvalue weighted by atomic mass is 10.00. The summed E-state index contributed by atoms with van der Waals surface area (Å²) in [6.45, 7) is 4.40. The monoisotopic (exact) mass is 254 g/mol. The van der Waals surface area contributed by atoms with E-state index in [1.54, 1.807) is 4.68 Å². The van der Waals surface area contributed by atoms with Gasteiger partial charge in [-0.2, -0.15) is 5.10 Å². The van der Waals surface area contributed by atoms with Gasteiger partial charge in [-0.3, -0.25) is 4.68 Å². The Bertz CT molecular complexity index is 714. The highest BCUT2D eigenvalue weighted by atomic mass is 15.3. The van der Waals surface area contributed by atoms with Crippen molar-refractivity contribution in [2.45, 2.75) is 19.8 Å². The molecule has 0 saturated carbocycles. The molecule has 0 saturated heterocycles. The summed E-state index contributed by atoms with van der Waals surface area (Å²) in [7, 11) is 1.85. The van der Waals surface area contributed by atoms with Crippen molar-refractivity contribution in [2.24, 2.45) is 7.05 Å². The number of nitrogens with zero attached hydrogens (tertiary/aromatic N) is 2. The van der Waals surface area contributed by atoms with E-state index in [1.165, 1.54) is 10.9 Å². The van der Waals surface area contributed by atoms with Gasteiger partial charge in [0, 0.05) is 35.8 Å². The molecule has 3 N–H and O–H groups in total. The summed E-state index contributed by atoms with van der Waals surface area (Å²) in [4.78, 5) is 3.29. The van der Waals surface area contributed by atoms with Gasteiger partial charge in [0.1, 0.15) is 5.82 Å². The standard InChI is InChI=1S/C15H18N4/c1-9(2)10-4-5-13-11(6-10)12(8-17-13)14-7-15(16)19(3)18-14/h4-9,17H,16H2,1-3H3. The molecule has 0 aliphatic carbocycles. The number of H-pyrrole nitrogens is 1. The van der Waals surface area contributed by atoms with E-state index in [0.717, 1.165) is 16.8 Å². The number of rotatable bonds is 2. The minimum Gasteiger partial charge on any atom is -0.384 e. The van der Waals surface area contributed by atoms with Crippen molar-refractivity contribution >= 4 is 16.7 Å². The maximum Gasteiger partial charge on any atom is 0.121 e. The number of fused-ring (bicyclic) bond motifs is 1. The first-order valence-corrected chi connectivity index (χ1v) is 6.47. The second kappa shape index (κ2) is 4.16. The van der Waals surface area contributed by atoms with Gasteiger partial charge in [-0.1, -0.05) is 19.9 Å². The SMILES string of the molecule is CC(C)c1ccc2[nH]cc(-c3cc(N)n(C)n3)c2c1. The smallest absolute Gasteiger partial charge is 0.121 e. The summed E-state index contributed by atoms with van der Waals surface area (Å²) < 4.78 is 1.69. The molecule has 0 bridgehead atoms. The first-order valence-electron chi connectivity index (χ1n) is 6.47. The lowest BCUT2D eigenvalue weighted by molar-refractivity contribution is 0.782. The molecule has 3 rings (SSSR count). The van der Waals surface area contributed by atoms with Gasteiger partial charge in [0.15, 0.2) is 0 Å². The van der Waals surface area contributed by atoms with Gasteiger partial charge >= 0.3 is 0 Å². The first-order chi connectivity index (χ1) is 9.06. The number of nitrogens with two attached hydrogens (primary N) is 1. The Kier molecular flexibility index (Phi) is 2.59. The molecule has 2 heterocycles. The second-order valence-electron chi connectivity index (χ2n) is 5.24. The number of hydrogen-bond donors (Lipinski definition) is 2. The van der Waals surface area contributed by atoms with Crippen LogP contribution in [-0.4, -0.2) is 14.8 Å². The minimum atomic E-state index is 0.515. The zero-order valence-corrected chi connectivity index (χ0v) is 11.4. The molecule has 0 atom stereocenters. The quantitative estimate of drug-likeness (QED) is 0.737. The molecule has 2 aromatic heterocycles. The average Bonchev–Trinajstić information content (AvgIpc) is 2.93. The van der Waals surface area contributed by atoms with Crippen LogP contribution in [0.4, 0.5) is 5.82 Å². The second-order valence-corrected chi connectivity index (χ2v) is 5.24. The molecule has 1 aromatic carbocycles. The Morgan fingerprint density at radius 1 is 1.26 bits per heavy atom. The fourth-order valence-electron chi connectivity index (χ4n) is 2.32. The van der Waals surface area contributed by atoms with Gasteiger partial charge in [0.25, 0.3) is 0 Å². The van der Waals surface area contributed by atoms with E-state index in [4.69, 9.17) is 5.73 Å². The Morgan fingerprint density at radius 3 is 2.68 bits per heavy atom. The molecule has 3 aromatic rings. The molecular formula is C15H18N4. The summed E-state index contributed by atoms with van der Waals surface area (Å²) in [5.74, 6) is 1.19. The zero-order valence-electron chi connectivity index (χ0n) is 11.4. The normalized spacial score (nSPS) is 11.6. The van der Waals surface area contributed by atoms with Crippen LogP contribution in [0.2, 0.25) is 0 Å². The van der Waals surface area contributed by atoms with Crippen LogP contribution in [0.15, 0.2) is 30.5 Å². The maximum atomic E-state index is 5.86. The van der Waals surface area contributed by atoms with Gasteiger partial charge in [-0.25, -0.2) is 0 Å². The molecule has 0 spiro atoms.